The van der Waals surface area contributed by atoms with E-state index in [0.717, 1.165) is 30.1 Å². The summed E-state index contributed by atoms with van der Waals surface area (Å²) in [4.78, 5) is 0. The fourth-order valence-corrected chi connectivity index (χ4v) is 2.97. The summed E-state index contributed by atoms with van der Waals surface area (Å²) >= 11 is 12.0. The largest absolute Gasteiger partial charge is 0.489 e. The van der Waals surface area contributed by atoms with Gasteiger partial charge in [-0.05, 0) is 49.3 Å². The molecule has 0 N–H and O–H groups in total. The van der Waals surface area contributed by atoms with Gasteiger partial charge in [-0.3, -0.25) is 0 Å². The van der Waals surface area contributed by atoms with Crippen molar-refractivity contribution >= 4 is 23.2 Å². The molecule has 0 spiro atoms. The highest BCUT2D eigenvalue weighted by Crippen LogP contribution is 2.32. The highest BCUT2D eigenvalue weighted by Gasteiger charge is 2.21. The van der Waals surface area contributed by atoms with Gasteiger partial charge in [-0.15, -0.1) is 11.6 Å². The van der Waals surface area contributed by atoms with Crippen LogP contribution in [0.3, 0.4) is 0 Å². The highest BCUT2D eigenvalue weighted by atomic mass is 35.5. The van der Waals surface area contributed by atoms with Crippen molar-refractivity contribution in [2.24, 2.45) is 5.92 Å². The van der Waals surface area contributed by atoms with E-state index in [1.54, 1.807) is 0 Å². The van der Waals surface area contributed by atoms with Gasteiger partial charge in [0.1, 0.15) is 5.75 Å². The van der Waals surface area contributed by atoms with Crippen LogP contribution < -0.4 is 4.74 Å². The first-order valence-electron chi connectivity index (χ1n) is 6.74. The Morgan fingerprint density at radius 1 is 1.22 bits per heavy atom. The smallest absolute Gasteiger partial charge is 0.138 e. The molecular weight excluding hydrogens is 267 g/mol. The maximum absolute atomic E-state index is 6.20. The summed E-state index contributed by atoms with van der Waals surface area (Å²) in [5.41, 5.74) is 1.03. The monoisotopic (exact) mass is 286 g/mol. The van der Waals surface area contributed by atoms with Gasteiger partial charge in [-0.1, -0.05) is 31.0 Å². The zero-order chi connectivity index (χ0) is 13.0. The molecule has 0 heterocycles. The van der Waals surface area contributed by atoms with Crippen molar-refractivity contribution in [1.29, 1.82) is 0 Å². The van der Waals surface area contributed by atoms with Gasteiger partial charge in [0, 0.05) is 5.88 Å². The number of ether oxygens (including phenoxy) is 1. The van der Waals surface area contributed by atoms with E-state index in [0.29, 0.717) is 17.0 Å². The summed E-state index contributed by atoms with van der Waals surface area (Å²) in [5.74, 6) is 2.17. The molecule has 1 saturated carbocycles. The molecule has 0 unspecified atom stereocenters. The predicted molar refractivity (Wildman–Crippen MR) is 77.7 cm³/mol. The average Bonchev–Trinajstić information content (AvgIpc) is 2.42. The number of benzene rings is 1. The fourth-order valence-electron chi connectivity index (χ4n) is 2.56. The van der Waals surface area contributed by atoms with E-state index in [9.17, 15) is 0 Å². The second-order valence-corrected chi connectivity index (χ2v) is 5.74. The summed E-state index contributed by atoms with van der Waals surface area (Å²) in [7, 11) is 0. The molecule has 1 fully saturated rings. The van der Waals surface area contributed by atoms with E-state index in [1.165, 1.54) is 19.3 Å². The Kier molecular flexibility index (Phi) is 5.20. The van der Waals surface area contributed by atoms with Crippen LogP contribution in [0.1, 0.15) is 44.6 Å². The predicted octanol–water partition coefficient (Wildman–Crippen LogP) is 5.43. The number of alkyl halides is 1. The third-order valence-electron chi connectivity index (χ3n) is 3.82. The first kappa shape index (κ1) is 14.0. The van der Waals surface area contributed by atoms with Crippen LogP contribution in [0.25, 0.3) is 0 Å². The summed E-state index contributed by atoms with van der Waals surface area (Å²) in [6.45, 7) is 2.27. The summed E-state index contributed by atoms with van der Waals surface area (Å²) in [6.07, 6.45) is 6.46. The molecule has 1 aliphatic carbocycles. The Morgan fingerprint density at radius 3 is 2.50 bits per heavy atom. The van der Waals surface area contributed by atoms with Gasteiger partial charge in [0.25, 0.3) is 0 Å². The highest BCUT2D eigenvalue weighted by molar-refractivity contribution is 6.32. The van der Waals surface area contributed by atoms with E-state index in [-0.39, 0.29) is 0 Å². The van der Waals surface area contributed by atoms with Crippen LogP contribution in [0.4, 0.5) is 0 Å². The molecule has 2 rings (SSSR count). The molecule has 1 aromatic rings. The summed E-state index contributed by atoms with van der Waals surface area (Å²) in [5, 5.41) is 0.672. The number of hydrogen-bond donors (Lipinski definition) is 0. The van der Waals surface area contributed by atoms with Crippen LogP contribution in [0, 0.1) is 5.92 Å². The van der Waals surface area contributed by atoms with E-state index in [2.05, 4.69) is 6.92 Å². The van der Waals surface area contributed by atoms with Gasteiger partial charge >= 0.3 is 0 Å². The molecule has 0 atom stereocenters. The van der Waals surface area contributed by atoms with Crippen molar-refractivity contribution in [2.45, 2.75) is 51.0 Å². The molecule has 0 bridgehead atoms. The van der Waals surface area contributed by atoms with E-state index >= 15 is 0 Å². The zero-order valence-corrected chi connectivity index (χ0v) is 12.3. The first-order chi connectivity index (χ1) is 8.72. The normalized spacial score (nSPS) is 23.9. The van der Waals surface area contributed by atoms with Gasteiger partial charge in [-0.25, -0.2) is 0 Å². The molecule has 0 radical (unpaired) electrons. The summed E-state index contributed by atoms with van der Waals surface area (Å²) < 4.78 is 6.00. The average molecular weight is 287 g/mol. The van der Waals surface area contributed by atoms with Gasteiger partial charge in [0.2, 0.25) is 0 Å². The lowest BCUT2D eigenvalue weighted by atomic mass is 9.86. The number of hydrogen-bond acceptors (Lipinski definition) is 1. The minimum Gasteiger partial charge on any atom is -0.489 e. The van der Waals surface area contributed by atoms with E-state index in [1.807, 2.05) is 18.2 Å². The standard InChI is InChI=1S/C15H20Cl2O/c1-2-11-3-6-13(7-4-11)18-15-8-5-12(10-16)9-14(15)17/h5,8-9,11,13H,2-4,6-7,10H2,1H3. The first-order valence-corrected chi connectivity index (χ1v) is 7.65. The maximum Gasteiger partial charge on any atom is 0.138 e. The van der Waals surface area contributed by atoms with Crippen molar-refractivity contribution in [1.82, 2.24) is 0 Å². The Hall–Kier alpha value is -0.400. The third kappa shape index (κ3) is 3.55. The lowest BCUT2D eigenvalue weighted by Gasteiger charge is -2.28. The topological polar surface area (TPSA) is 9.23 Å². The molecule has 100 valence electrons. The molecule has 3 heteroatoms. The van der Waals surface area contributed by atoms with Crippen molar-refractivity contribution in [3.05, 3.63) is 28.8 Å². The van der Waals surface area contributed by atoms with Crippen LogP contribution in [0.5, 0.6) is 5.75 Å². The van der Waals surface area contributed by atoms with Crippen LogP contribution in [-0.4, -0.2) is 6.10 Å². The fraction of sp³-hybridized carbons (Fsp3) is 0.600. The SMILES string of the molecule is CCC1CCC(Oc2ccc(CCl)cc2Cl)CC1. The quantitative estimate of drug-likeness (QED) is 0.671. The molecule has 1 aliphatic rings. The van der Waals surface area contributed by atoms with Gasteiger partial charge < -0.3 is 4.74 Å². The molecule has 0 aliphatic heterocycles. The van der Waals surface area contributed by atoms with E-state index < -0.39 is 0 Å². The molecule has 1 nitrogen and oxygen atoms in total. The van der Waals surface area contributed by atoms with Crippen LogP contribution in [0.15, 0.2) is 18.2 Å². The van der Waals surface area contributed by atoms with Crippen LogP contribution >= 0.6 is 23.2 Å². The molecule has 0 aromatic heterocycles. The molecule has 1 aromatic carbocycles. The van der Waals surface area contributed by atoms with Crippen molar-refractivity contribution in [3.63, 3.8) is 0 Å². The minimum absolute atomic E-state index is 0.326. The van der Waals surface area contributed by atoms with Crippen molar-refractivity contribution in [3.8, 4) is 5.75 Å². The van der Waals surface area contributed by atoms with E-state index in [4.69, 9.17) is 27.9 Å². The Balaban J connectivity index is 1.94. The zero-order valence-electron chi connectivity index (χ0n) is 10.8. The van der Waals surface area contributed by atoms with Gasteiger partial charge in [0.15, 0.2) is 0 Å². The minimum atomic E-state index is 0.326. The van der Waals surface area contributed by atoms with Crippen LogP contribution in [-0.2, 0) is 5.88 Å². The Bertz CT molecular complexity index is 384. The Morgan fingerprint density at radius 2 is 1.94 bits per heavy atom. The Labute approximate surface area is 119 Å². The third-order valence-corrected chi connectivity index (χ3v) is 4.42. The lowest BCUT2D eigenvalue weighted by Crippen LogP contribution is -2.24. The lowest BCUT2D eigenvalue weighted by molar-refractivity contribution is 0.130. The second-order valence-electron chi connectivity index (χ2n) is 5.07. The van der Waals surface area contributed by atoms with Gasteiger partial charge in [0.05, 0.1) is 11.1 Å². The molecular formula is C15H20Cl2O. The number of halogens is 2. The second kappa shape index (κ2) is 6.68. The molecule has 0 saturated heterocycles. The molecule has 0 amide bonds. The van der Waals surface area contributed by atoms with Crippen molar-refractivity contribution < 1.29 is 4.74 Å². The van der Waals surface area contributed by atoms with Crippen LogP contribution in [0.2, 0.25) is 5.02 Å². The van der Waals surface area contributed by atoms with Crippen molar-refractivity contribution in [2.75, 3.05) is 0 Å². The molecule has 18 heavy (non-hydrogen) atoms. The van der Waals surface area contributed by atoms with Gasteiger partial charge in [-0.2, -0.15) is 0 Å². The number of rotatable bonds is 4. The summed E-state index contributed by atoms with van der Waals surface area (Å²) in [6, 6.07) is 5.80. The maximum atomic E-state index is 6.20.